The molecule has 0 unspecified atom stereocenters. The Kier molecular flexibility index (Phi) is 2.97. The van der Waals surface area contributed by atoms with Crippen LogP contribution >= 0.6 is 11.6 Å². The zero-order valence-electron chi connectivity index (χ0n) is 10.1. The molecule has 4 nitrogen and oxygen atoms in total. The molecule has 0 radical (unpaired) electrons. The van der Waals surface area contributed by atoms with Gasteiger partial charge in [-0.2, -0.15) is 5.10 Å². The number of aromatic nitrogens is 2. The Morgan fingerprint density at radius 1 is 1.44 bits per heavy atom. The Labute approximate surface area is 111 Å². The molecule has 0 atom stereocenters. The topological polar surface area (TPSA) is 39.1 Å². The van der Waals surface area contributed by atoms with E-state index in [0.717, 1.165) is 30.2 Å². The summed E-state index contributed by atoms with van der Waals surface area (Å²) in [6.45, 7) is 1.47. The largest absolute Gasteiger partial charge is 0.378 e. The number of hydrogen-bond donors (Lipinski definition) is 1. The number of hydrogen-bond acceptors (Lipinski definition) is 3. The van der Waals surface area contributed by atoms with Gasteiger partial charge in [0.2, 0.25) is 0 Å². The molecular formula is C13H14ClN3O. The van der Waals surface area contributed by atoms with Gasteiger partial charge in [0.05, 0.1) is 23.0 Å². The maximum absolute atomic E-state index is 6.23. The highest BCUT2D eigenvalue weighted by Crippen LogP contribution is 2.31. The summed E-state index contributed by atoms with van der Waals surface area (Å²) in [6, 6.07) is 7.71. The second kappa shape index (κ2) is 4.63. The average Bonchev–Trinajstić information content (AvgIpc) is 2.94. The van der Waals surface area contributed by atoms with Crippen LogP contribution in [0.1, 0.15) is 11.3 Å². The van der Waals surface area contributed by atoms with E-state index >= 15 is 0 Å². The van der Waals surface area contributed by atoms with E-state index in [9.17, 15) is 0 Å². The molecule has 2 heterocycles. The van der Waals surface area contributed by atoms with Crippen molar-refractivity contribution in [3.05, 3.63) is 40.5 Å². The van der Waals surface area contributed by atoms with Crippen LogP contribution in [0.5, 0.6) is 0 Å². The quantitative estimate of drug-likeness (QED) is 0.925. The van der Waals surface area contributed by atoms with Crippen molar-refractivity contribution >= 4 is 17.4 Å². The van der Waals surface area contributed by atoms with Crippen molar-refractivity contribution in [3.63, 3.8) is 0 Å². The van der Waals surface area contributed by atoms with Crippen molar-refractivity contribution < 1.29 is 4.74 Å². The summed E-state index contributed by atoms with van der Waals surface area (Å²) in [5.41, 5.74) is 3.11. The molecule has 1 N–H and O–H groups in total. The molecular weight excluding hydrogens is 250 g/mol. The molecule has 1 aromatic heterocycles. The third kappa shape index (κ3) is 1.78. The predicted octanol–water partition coefficient (Wildman–Crippen LogP) is 2.64. The van der Waals surface area contributed by atoms with E-state index in [4.69, 9.17) is 16.3 Å². The number of nitrogens with one attached hydrogen (secondary N) is 1. The maximum Gasteiger partial charge on any atom is 0.133 e. The number of halogens is 1. The summed E-state index contributed by atoms with van der Waals surface area (Å²) in [4.78, 5) is 0. The van der Waals surface area contributed by atoms with Gasteiger partial charge in [0.15, 0.2) is 0 Å². The summed E-state index contributed by atoms with van der Waals surface area (Å²) >= 11 is 6.23. The Hall–Kier alpha value is -1.52. The first kappa shape index (κ1) is 11.6. The normalized spacial score (nSPS) is 13.4. The van der Waals surface area contributed by atoms with Crippen LogP contribution < -0.4 is 5.32 Å². The summed E-state index contributed by atoms with van der Waals surface area (Å²) in [6.07, 6.45) is 0.985. The van der Waals surface area contributed by atoms with Gasteiger partial charge in [-0.1, -0.05) is 23.7 Å². The third-order valence-corrected chi connectivity index (χ3v) is 3.42. The molecule has 0 bridgehead atoms. The van der Waals surface area contributed by atoms with E-state index in [1.54, 1.807) is 7.11 Å². The molecule has 2 aromatic rings. The summed E-state index contributed by atoms with van der Waals surface area (Å²) in [7, 11) is 1.68. The monoisotopic (exact) mass is 263 g/mol. The van der Waals surface area contributed by atoms with Gasteiger partial charge in [0, 0.05) is 19.2 Å². The van der Waals surface area contributed by atoms with Crippen LogP contribution in [0.15, 0.2) is 24.3 Å². The van der Waals surface area contributed by atoms with Crippen LogP contribution in [-0.2, 0) is 17.8 Å². The van der Waals surface area contributed by atoms with Crippen molar-refractivity contribution in [2.75, 3.05) is 19.0 Å². The number of benzene rings is 1. The van der Waals surface area contributed by atoms with Crippen molar-refractivity contribution in [2.45, 2.75) is 13.0 Å². The van der Waals surface area contributed by atoms with Gasteiger partial charge >= 0.3 is 0 Å². The number of anilines is 1. The number of rotatable bonds is 3. The van der Waals surface area contributed by atoms with Crippen molar-refractivity contribution in [2.24, 2.45) is 0 Å². The maximum atomic E-state index is 6.23. The zero-order valence-corrected chi connectivity index (χ0v) is 10.9. The van der Waals surface area contributed by atoms with Gasteiger partial charge in [-0.25, -0.2) is 4.68 Å². The van der Waals surface area contributed by atoms with Crippen LogP contribution in [0.4, 0.5) is 5.82 Å². The number of methoxy groups -OCH3 is 1. The molecule has 0 spiro atoms. The van der Waals surface area contributed by atoms with Gasteiger partial charge in [-0.15, -0.1) is 0 Å². The lowest BCUT2D eigenvalue weighted by Gasteiger charge is -2.07. The van der Waals surface area contributed by atoms with Crippen LogP contribution in [0.2, 0.25) is 5.02 Å². The minimum Gasteiger partial charge on any atom is -0.378 e. The average molecular weight is 264 g/mol. The highest BCUT2D eigenvalue weighted by Gasteiger charge is 2.23. The van der Waals surface area contributed by atoms with Gasteiger partial charge in [-0.3, -0.25) is 0 Å². The standard InChI is InChI=1S/C13H14ClN3O/c1-18-8-11-9-6-7-15-13(9)17(16-11)12-5-3-2-4-10(12)14/h2-5,15H,6-8H2,1H3. The zero-order chi connectivity index (χ0) is 12.5. The van der Waals surface area contributed by atoms with E-state index in [-0.39, 0.29) is 0 Å². The van der Waals surface area contributed by atoms with E-state index in [2.05, 4.69) is 10.4 Å². The fraction of sp³-hybridized carbons (Fsp3) is 0.308. The first-order valence-corrected chi connectivity index (χ1v) is 6.27. The second-order valence-corrected chi connectivity index (χ2v) is 4.65. The molecule has 18 heavy (non-hydrogen) atoms. The Morgan fingerprint density at radius 3 is 3.06 bits per heavy atom. The van der Waals surface area contributed by atoms with Crippen LogP contribution in [-0.4, -0.2) is 23.4 Å². The molecule has 0 amide bonds. The predicted molar refractivity (Wildman–Crippen MR) is 71.5 cm³/mol. The lowest BCUT2D eigenvalue weighted by molar-refractivity contribution is 0.180. The van der Waals surface area contributed by atoms with Gasteiger partial charge in [-0.05, 0) is 18.6 Å². The van der Waals surface area contributed by atoms with Gasteiger partial charge < -0.3 is 10.1 Å². The molecule has 1 aromatic carbocycles. The SMILES string of the molecule is COCc1nn(-c2ccccc2Cl)c2c1CCN2. The minimum absolute atomic E-state index is 0.529. The fourth-order valence-electron chi connectivity index (χ4n) is 2.30. The molecule has 0 aliphatic carbocycles. The highest BCUT2D eigenvalue weighted by atomic mass is 35.5. The molecule has 94 valence electrons. The lowest BCUT2D eigenvalue weighted by Crippen LogP contribution is -2.05. The van der Waals surface area contributed by atoms with Crippen LogP contribution in [0, 0.1) is 0 Å². The van der Waals surface area contributed by atoms with Gasteiger partial charge in [0.1, 0.15) is 5.82 Å². The highest BCUT2D eigenvalue weighted by molar-refractivity contribution is 6.32. The first-order chi connectivity index (χ1) is 8.81. The van der Waals surface area contributed by atoms with Crippen molar-refractivity contribution in [1.82, 2.24) is 9.78 Å². The molecule has 1 aliphatic heterocycles. The Balaban J connectivity index is 2.13. The van der Waals surface area contributed by atoms with E-state index in [1.165, 1.54) is 5.56 Å². The number of nitrogens with zero attached hydrogens (tertiary/aromatic N) is 2. The number of fused-ring (bicyclic) bond motifs is 1. The van der Waals surface area contributed by atoms with Gasteiger partial charge in [0.25, 0.3) is 0 Å². The van der Waals surface area contributed by atoms with Crippen molar-refractivity contribution in [1.29, 1.82) is 0 Å². The molecule has 5 heteroatoms. The van der Waals surface area contributed by atoms with E-state index in [0.29, 0.717) is 11.6 Å². The van der Waals surface area contributed by atoms with Crippen LogP contribution in [0.3, 0.4) is 0 Å². The van der Waals surface area contributed by atoms with E-state index in [1.807, 2.05) is 28.9 Å². The fourth-order valence-corrected chi connectivity index (χ4v) is 2.51. The smallest absolute Gasteiger partial charge is 0.133 e. The van der Waals surface area contributed by atoms with Crippen molar-refractivity contribution in [3.8, 4) is 5.69 Å². The number of ether oxygens (including phenoxy) is 1. The molecule has 0 saturated carbocycles. The van der Waals surface area contributed by atoms with Crippen LogP contribution in [0.25, 0.3) is 5.69 Å². The Bertz CT molecular complexity index is 580. The first-order valence-electron chi connectivity index (χ1n) is 5.89. The number of para-hydroxylation sites is 1. The summed E-state index contributed by atoms with van der Waals surface area (Å²) < 4.78 is 7.07. The molecule has 0 fully saturated rings. The lowest BCUT2D eigenvalue weighted by atomic mass is 10.2. The molecule has 0 saturated heterocycles. The third-order valence-electron chi connectivity index (χ3n) is 3.10. The minimum atomic E-state index is 0.529. The Morgan fingerprint density at radius 2 is 2.28 bits per heavy atom. The molecule has 3 rings (SSSR count). The molecule has 1 aliphatic rings. The summed E-state index contributed by atoms with van der Waals surface area (Å²) in [5.74, 6) is 1.04. The van der Waals surface area contributed by atoms with E-state index < -0.39 is 0 Å². The second-order valence-electron chi connectivity index (χ2n) is 4.25. The summed E-state index contributed by atoms with van der Waals surface area (Å²) in [5, 5.41) is 8.65.